The van der Waals surface area contributed by atoms with Crippen LogP contribution in [0.1, 0.15) is 5.82 Å². The van der Waals surface area contributed by atoms with Crippen LogP contribution in [0.25, 0.3) is 10.9 Å². The third kappa shape index (κ3) is 2.00. The zero-order valence-corrected chi connectivity index (χ0v) is 9.96. The molecular formula is C14H12N4. The first-order valence-electron chi connectivity index (χ1n) is 5.73. The second-order valence-corrected chi connectivity index (χ2v) is 4.00. The van der Waals surface area contributed by atoms with E-state index in [4.69, 9.17) is 0 Å². The van der Waals surface area contributed by atoms with Gasteiger partial charge in [-0.25, -0.2) is 9.97 Å². The van der Waals surface area contributed by atoms with E-state index in [2.05, 4.69) is 20.3 Å². The Labute approximate surface area is 105 Å². The topological polar surface area (TPSA) is 50.7 Å². The van der Waals surface area contributed by atoms with Crippen LogP contribution in [0.3, 0.4) is 0 Å². The summed E-state index contributed by atoms with van der Waals surface area (Å²) in [6, 6.07) is 11.9. The number of rotatable bonds is 2. The second kappa shape index (κ2) is 4.41. The second-order valence-electron chi connectivity index (χ2n) is 4.00. The molecule has 2 heterocycles. The first kappa shape index (κ1) is 10.7. The van der Waals surface area contributed by atoms with Crippen molar-refractivity contribution in [3.05, 3.63) is 54.6 Å². The fourth-order valence-electron chi connectivity index (χ4n) is 1.85. The van der Waals surface area contributed by atoms with E-state index in [-0.39, 0.29) is 0 Å². The highest BCUT2D eigenvalue weighted by molar-refractivity contribution is 5.90. The summed E-state index contributed by atoms with van der Waals surface area (Å²) in [4.78, 5) is 12.9. The molecule has 88 valence electrons. The van der Waals surface area contributed by atoms with Gasteiger partial charge in [0.1, 0.15) is 11.6 Å². The molecule has 18 heavy (non-hydrogen) atoms. The van der Waals surface area contributed by atoms with Gasteiger partial charge in [0.2, 0.25) is 0 Å². The lowest BCUT2D eigenvalue weighted by molar-refractivity contribution is 1.09. The van der Waals surface area contributed by atoms with E-state index in [0.717, 1.165) is 28.2 Å². The number of anilines is 2. The Morgan fingerprint density at radius 3 is 2.67 bits per heavy atom. The molecule has 0 saturated heterocycles. The smallest absolute Gasteiger partial charge is 0.142 e. The first-order valence-corrected chi connectivity index (χ1v) is 5.73. The molecule has 0 aliphatic carbocycles. The van der Waals surface area contributed by atoms with Gasteiger partial charge in [-0.1, -0.05) is 18.2 Å². The fourth-order valence-corrected chi connectivity index (χ4v) is 1.85. The molecule has 1 aromatic carbocycles. The number of hydrogen-bond acceptors (Lipinski definition) is 4. The molecule has 0 atom stereocenters. The van der Waals surface area contributed by atoms with E-state index in [1.165, 1.54) is 0 Å². The molecule has 0 bridgehead atoms. The summed E-state index contributed by atoms with van der Waals surface area (Å²) >= 11 is 0. The molecular weight excluding hydrogens is 224 g/mol. The van der Waals surface area contributed by atoms with Gasteiger partial charge in [-0.05, 0) is 25.1 Å². The number of fused-ring (bicyclic) bond motifs is 1. The van der Waals surface area contributed by atoms with Crippen molar-refractivity contribution in [2.24, 2.45) is 0 Å². The Balaban J connectivity index is 2.11. The molecule has 0 fully saturated rings. The van der Waals surface area contributed by atoms with E-state index in [1.807, 2.05) is 43.3 Å². The van der Waals surface area contributed by atoms with Gasteiger partial charge in [-0.2, -0.15) is 0 Å². The molecule has 3 rings (SSSR count). The lowest BCUT2D eigenvalue weighted by Gasteiger charge is -2.09. The molecule has 2 aromatic heterocycles. The Bertz CT molecular complexity index is 680. The van der Waals surface area contributed by atoms with Gasteiger partial charge < -0.3 is 5.32 Å². The Morgan fingerprint density at radius 1 is 1.00 bits per heavy atom. The molecule has 0 spiro atoms. The van der Waals surface area contributed by atoms with Gasteiger partial charge in [-0.3, -0.25) is 4.98 Å². The average molecular weight is 236 g/mol. The van der Waals surface area contributed by atoms with Gasteiger partial charge in [0.25, 0.3) is 0 Å². The highest BCUT2D eigenvalue weighted by Gasteiger charge is 2.05. The van der Waals surface area contributed by atoms with Crippen molar-refractivity contribution in [1.82, 2.24) is 15.0 Å². The monoisotopic (exact) mass is 236 g/mol. The van der Waals surface area contributed by atoms with E-state index < -0.39 is 0 Å². The molecule has 0 aliphatic heterocycles. The van der Waals surface area contributed by atoms with Crippen molar-refractivity contribution in [3.8, 4) is 0 Å². The standard InChI is InChI=1S/C14H12N4/c1-10-16-13-9-15-8-7-12(13)14(17-10)18-11-5-3-2-4-6-11/h2-9H,1H3,(H,16,17,18). The number of para-hydroxylation sites is 1. The maximum absolute atomic E-state index is 4.45. The third-order valence-electron chi connectivity index (χ3n) is 2.65. The quantitative estimate of drug-likeness (QED) is 0.742. The van der Waals surface area contributed by atoms with Crippen LogP contribution in [0.5, 0.6) is 0 Å². The predicted octanol–water partition coefficient (Wildman–Crippen LogP) is 3.08. The molecule has 0 aliphatic rings. The van der Waals surface area contributed by atoms with Crippen LogP contribution >= 0.6 is 0 Å². The minimum Gasteiger partial charge on any atom is -0.340 e. The van der Waals surface area contributed by atoms with Crippen molar-refractivity contribution in [3.63, 3.8) is 0 Å². The summed E-state index contributed by atoms with van der Waals surface area (Å²) in [7, 11) is 0. The summed E-state index contributed by atoms with van der Waals surface area (Å²) in [6.45, 7) is 1.88. The van der Waals surface area contributed by atoms with Gasteiger partial charge in [0.15, 0.2) is 0 Å². The Hall–Kier alpha value is -2.49. The molecule has 3 aromatic rings. The minimum atomic E-state index is 0.730. The van der Waals surface area contributed by atoms with Crippen molar-refractivity contribution in [2.45, 2.75) is 6.92 Å². The first-order chi connectivity index (χ1) is 8.83. The number of nitrogens with zero attached hydrogens (tertiary/aromatic N) is 3. The SMILES string of the molecule is Cc1nc(Nc2ccccc2)c2ccncc2n1. The summed E-state index contributed by atoms with van der Waals surface area (Å²) in [6.07, 6.45) is 3.50. The zero-order valence-electron chi connectivity index (χ0n) is 9.96. The molecule has 4 nitrogen and oxygen atoms in total. The van der Waals surface area contributed by atoms with Gasteiger partial charge in [0, 0.05) is 17.3 Å². The maximum Gasteiger partial charge on any atom is 0.142 e. The molecule has 0 amide bonds. The lowest BCUT2D eigenvalue weighted by Crippen LogP contribution is -1.99. The van der Waals surface area contributed by atoms with Gasteiger partial charge >= 0.3 is 0 Å². The van der Waals surface area contributed by atoms with E-state index >= 15 is 0 Å². The number of pyridine rings is 1. The number of aryl methyl sites for hydroxylation is 1. The van der Waals surface area contributed by atoms with Crippen molar-refractivity contribution in [2.75, 3.05) is 5.32 Å². The van der Waals surface area contributed by atoms with Gasteiger partial charge in [-0.15, -0.1) is 0 Å². The van der Waals surface area contributed by atoms with Crippen molar-refractivity contribution < 1.29 is 0 Å². The molecule has 0 saturated carbocycles. The van der Waals surface area contributed by atoms with Crippen LogP contribution < -0.4 is 5.32 Å². The Morgan fingerprint density at radius 2 is 1.83 bits per heavy atom. The molecule has 0 radical (unpaired) electrons. The van der Waals surface area contributed by atoms with E-state index in [0.29, 0.717) is 0 Å². The van der Waals surface area contributed by atoms with Crippen LogP contribution in [0, 0.1) is 6.92 Å². The normalized spacial score (nSPS) is 10.5. The highest BCUT2D eigenvalue weighted by atomic mass is 15.0. The van der Waals surface area contributed by atoms with Crippen molar-refractivity contribution in [1.29, 1.82) is 0 Å². The lowest BCUT2D eigenvalue weighted by atomic mass is 10.2. The minimum absolute atomic E-state index is 0.730. The maximum atomic E-state index is 4.45. The summed E-state index contributed by atoms with van der Waals surface area (Å²) in [5, 5.41) is 4.28. The summed E-state index contributed by atoms with van der Waals surface area (Å²) in [5.41, 5.74) is 1.86. The Kier molecular flexibility index (Phi) is 2.61. The van der Waals surface area contributed by atoms with Crippen LogP contribution in [-0.2, 0) is 0 Å². The van der Waals surface area contributed by atoms with Crippen LogP contribution in [-0.4, -0.2) is 15.0 Å². The summed E-state index contributed by atoms with van der Waals surface area (Å²) < 4.78 is 0. The third-order valence-corrected chi connectivity index (χ3v) is 2.65. The predicted molar refractivity (Wildman–Crippen MR) is 71.8 cm³/mol. The van der Waals surface area contributed by atoms with Crippen LogP contribution in [0.15, 0.2) is 48.8 Å². The van der Waals surface area contributed by atoms with Crippen LogP contribution in [0.4, 0.5) is 11.5 Å². The van der Waals surface area contributed by atoms with Gasteiger partial charge in [0.05, 0.1) is 11.7 Å². The summed E-state index contributed by atoms with van der Waals surface area (Å²) in [5.74, 6) is 1.54. The highest BCUT2D eigenvalue weighted by Crippen LogP contribution is 2.22. The number of aromatic nitrogens is 3. The van der Waals surface area contributed by atoms with Crippen LogP contribution in [0.2, 0.25) is 0 Å². The van der Waals surface area contributed by atoms with E-state index in [9.17, 15) is 0 Å². The number of nitrogens with one attached hydrogen (secondary N) is 1. The van der Waals surface area contributed by atoms with Crippen molar-refractivity contribution >= 4 is 22.4 Å². The molecule has 4 heteroatoms. The van der Waals surface area contributed by atoms with E-state index in [1.54, 1.807) is 12.4 Å². The fraction of sp³-hybridized carbons (Fsp3) is 0.0714. The number of benzene rings is 1. The molecule has 1 N–H and O–H groups in total. The number of hydrogen-bond donors (Lipinski definition) is 1. The zero-order chi connectivity index (χ0) is 12.4. The molecule has 0 unspecified atom stereocenters. The largest absolute Gasteiger partial charge is 0.340 e. The average Bonchev–Trinajstić information content (AvgIpc) is 2.40.